The topological polar surface area (TPSA) is 37.3 Å². The van der Waals surface area contributed by atoms with Crippen molar-refractivity contribution in [3.8, 4) is 11.8 Å². The van der Waals surface area contributed by atoms with Gasteiger partial charge in [-0.3, -0.25) is 4.79 Å². The largest absolute Gasteiger partial charge is 0.384 e. The Kier molecular flexibility index (Phi) is 3.77. The monoisotopic (exact) mass is 324 g/mol. The van der Waals surface area contributed by atoms with Crippen LogP contribution in [-0.4, -0.2) is 17.5 Å². The number of fused-ring (bicyclic) bond motifs is 5. The molecule has 0 heterocycles. The molecule has 6 atom stereocenters. The molecule has 24 heavy (non-hydrogen) atoms. The van der Waals surface area contributed by atoms with Crippen molar-refractivity contribution in [2.45, 2.75) is 52.4 Å². The molecule has 0 aliphatic heterocycles. The van der Waals surface area contributed by atoms with E-state index < -0.39 is 0 Å². The van der Waals surface area contributed by atoms with Crippen LogP contribution in [0.5, 0.6) is 0 Å². The molecule has 2 heteroatoms. The Morgan fingerprint density at radius 3 is 2.83 bits per heavy atom. The number of aliphatic hydroxyl groups excluding tert-OH is 1. The average Bonchev–Trinajstić information content (AvgIpc) is 2.90. The first kappa shape index (κ1) is 16.2. The number of aliphatic hydroxyl groups is 1. The molecule has 1 N–H and O–H groups in total. The summed E-state index contributed by atoms with van der Waals surface area (Å²) < 4.78 is 0. The second-order valence-corrected chi connectivity index (χ2v) is 8.76. The molecule has 0 unspecified atom stereocenters. The van der Waals surface area contributed by atoms with Gasteiger partial charge in [0, 0.05) is 11.3 Å². The van der Waals surface area contributed by atoms with E-state index in [0.29, 0.717) is 17.3 Å². The summed E-state index contributed by atoms with van der Waals surface area (Å²) in [4.78, 5) is 11.8. The maximum Gasteiger partial charge on any atom is 0.178 e. The van der Waals surface area contributed by atoms with Crippen LogP contribution in [0.25, 0.3) is 0 Å². The third kappa shape index (κ3) is 2.17. The van der Waals surface area contributed by atoms with Gasteiger partial charge in [-0.1, -0.05) is 37.3 Å². The second kappa shape index (κ2) is 5.60. The normalized spacial score (nSPS) is 46.3. The van der Waals surface area contributed by atoms with Gasteiger partial charge in [0.2, 0.25) is 0 Å². The summed E-state index contributed by atoms with van der Waals surface area (Å²) in [6.45, 7) is 4.79. The predicted octanol–water partition coefficient (Wildman–Crippen LogP) is 3.91. The lowest BCUT2D eigenvalue weighted by molar-refractivity contribution is -0.111. The van der Waals surface area contributed by atoms with Gasteiger partial charge in [0.15, 0.2) is 5.78 Å². The third-order valence-corrected chi connectivity index (χ3v) is 7.91. The first-order valence-electron chi connectivity index (χ1n) is 9.52. The molecular weight excluding hydrogens is 296 g/mol. The van der Waals surface area contributed by atoms with E-state index in [0.717, 1.165) is 18.3 Å². The fourth-order valence-electron chi connectivity index (χ4n) is 6.60. The highest BCUT2D eigenvalue weighted by atomic mass is 16.2. The van der Waals surface area contributed by atoms with E-state index in [4.69, 9.17) is 5.11 Å². The van der Waals surface area contributed by atoms with Crippen LogP contribution in [0.3, 0.4) is 0 Å². The molecule has 0 aromatic heterocycles. The lowest BCUT2D eigenvalue weighted by Gasteiger charge is -2.56. The summed E-state index contributed by atoms with van der Waals surface area (Å²) in [5.41, 5.74) is 1.77. The molecule has 3 saturated carbocycles. The Balaban J connectivity index is 1.65. The van der Waals surface area contributed by atoms with Crippen LogP contribution in [0.1, 0.15) is 52.4 Å². The zero-order valence-electron chi connectivity index (χ0n) is 14.8. The molecule has 3 fully saturated rings. The Hall–Kier alpha value is -1.33. The molecule has 128 valence electrons. The Morgan fingerprint density at radius 2 is 2.04 bits per heavy atom. The van der Waals surface area contributed by atoms with Gasteiger partial charge >= 0.3 is 0 Å². The van der Waals surface area contributed by atoms with Gasteiger partial charge in [-0.2, -0.15) is 0 Å². The Bertz CT molecular complexity index is 676. The van der Waals surface area contributed by atoms with Crippen LogP contribution < -0.4 is 0 Å². The van der Waals surface area contributed by atoms with Gasteiger partial charge < -0.3 is 5.11 Å². The smallest absolute Gasteiger partial charge is 0.178 e. The zero-order chi connectivity index (χ0) is 16.9. The van der Waals surface area contributed by atoms with Crippen LogP contribution >= 0.6 is 0 Å². The molecule has 0 bridgehead atoms. The summed E-state index contributed by atoms with van der Waals surface area (Å²) >= 11 is 0. The third-order valence-electron chi connectivity index (χ3n) is 7.91. The molecule has 4 rings (SSSR count). The highest BCUT2D eigenvalue weighted by Crippen LogP contribution is 2.65. The van der Waals surface area contributed by atoms with Crippen LogP contribution in [0.2, 0.25) is 0 Å². The van der Waals surface area contributed by atoms with E-state index in [1.54, 1.807) is 6.08 Å². The lowest BCUT2D eigenvalue weighted by atomic mass is 9.48. The van der Waals surface area contributed by atoms with Crippen LogP contribution in [-0.2, 0) is 4.79 Å². The zero-order valence-corrected chi connectivity index (χ0v) is 14.8. The minimum atomic E-state index is -0.0195. The van der Waals surface area contributed by atoms with Gasteiger partial charge in [0.25, 0.3) is 0 Å². The Labute approximate surface area is 145 Å². The van der Waals surface area contributed by atoms with Crippen LogP contribution in [0.15, 0.2) is 23.8 Å². The molecule has 2 nitrogen and oxygen atoms in total. The van der Waals surface area contributed by atoms with E-state index in [-0.39, 0.29) is 17.8 Å². The van der Waals surface area contributed by atoms with Crippen molar-refractivity contribution in [1.29, 1.82) is 0 Å². The van der Waals surface area contributed by atoms with Crippen LogP contribution in [0, 0.1) is 46.3 Å². The molecule has 0 spiro atoms. The van der Waals surface area contributed by atoms with Gasteiger partial charge in [0.1, 0.15) is 6.61 Å². The number of ketones is 1. The highest BCUT2D eigenvalue weighted by molar-refractivity contribution is 6.01. The van der Waals surface area contributed by atoms with Crippen molar-refractivity contribution in [1.82, 2.24) is 0 Å². The minimum absolute atomic E-state index is 0.0195. The van der Waals surface area contributed by atoms with Gasteiger partial charge in [0.05, 0.1) is 0 Å². The van der Waals surface area contributed by atoms with Crippen LogP contribution in [0.4, 0.5) is 0 Å². The number of allylic oxidation sites excluding steroid dienone is 4. The summed E-state index contributed by atoms with van der Waals surface area (Å²) in [7, 11) is 0. The van der Waals surface area contributed by atoms with E-state index in [1.807, 2.05) is 6.08 Å². The fourth-order valence-corrected chi connectivity index (χ4v) is 6.60. The summed E-state index contributed by atoms with van der Waals surface area (Å²) in [6, 6.07) is 0. The van der Waals surface area contributed by atoms with Crippen molar-refractivity contribution in [3.63, 3.8) is 0 Å². The van der Waals surface area contributed by atoms with Gasteiger partial charge in [-0.05, 0) is 73.8 Å². The summed E-state index contributed by atoms with van der Waals surface area (Å²) in [6.07, 6.45) is 13.2. The van der Waals surface area contributed by atoms with Crippen molar-refractivity contribution < 1.29 is 9.90 Å². The standard InChI is InChI=1S/C22H28O2/c1-21-12-10-20-18(19(21)8-6-15(21)4-3-13-23)7-5-16-14-17(24)9-11-22(16,20)2/h9,11,14-15,18-20,23H,5-8,10,12-13H2,1-2H3/t15-,18+,19+,20+,21-,22+/m1/s1. The SMILES string of the molecule is C[C@]12CC[C@H]3[C@@H](CCC4=CC(=O)C=C[C@@]43C)[C@@H]1CC[C@H]2C#CCO. The quantitative estimate of drug-likeness (QED) is 0.686. The summed E-state index contributed by atoms with van der Waals surface area (Å²) in [5.74, 6) is 9.08. The van der Waals surface area contributed by atoms with Crippen molar-refractivity contribution in [2.75, 3.05) is 6.61 Å². The fraction of sp³-hybridized carbons (Fsp3) is 0.682. The first-order chi connectivity index (χ1) is 11.5. The van der Waals surface area contributed by atoms with Gasteiger partial charge in [-0.15, -0.1) is 0 Å². The number of hydrogen-bond acceptors (Lipinski definition) is 2. The molecule has 0 radical (unpaired) electrons. The Morgan fingerprint density at radius 1 is 1.21 bits per heavy atom. The van der Waals surface area contributed by atoms with E-state index in [9.17, 15) is 4.79 Å². The first-order valence-corrected chi connectivity index (χ1v) is 9.52. The van der Waals surface area contributed by atoms with Crippen molar-refractivity contribution in [2.24, 2.45) is 34.5 Å². The van der Waals surface area contributed by atoms with E-state index in [1.165, 1.54) is 37.7 Å². The molecule has 4 aliphatic rings. The lowest BCUT2D eigenvalue weighted by Crippen LogP contribution is -2.49. The minimum Gasteiger partial charge on any atom is -0.384 e. The number of rotatable bonds is 0. The average molecular weight is 324 g/mol. The molecule has 0 saturated heterocycles. The number of carbonyl (C=O) groups is 1. The molecule has 0 aromatic carbocycles. The summed E-state index contributed by atoms with van der Waals surface area (Å²) in [5, 5.41) is 9.06. The highest BCUT2D eigenvalue weighted by Gasteiger charge is 2.58. The molecule has 0 aromatic rings. The maximum absolute atomic E-state index is 11.8. The predicted molar refractivity (Wildman–Crippen MR) is 95.0 cm³/mol. The second-order valence-electron chi connectivity index (χ2n) is 8.76. The molecular formula is C22H28O2. The van der Waals surface area contributed by atoms with Crippen molar-refractivity contribution >= 4 is 5.78 Å². The van der Waals surface area contributed by atoms with Gasteiger partial charge in [-0.25, -0.2) is 0 Å². The molecule has 4 aliphatic carbocycles. The number of hydrogen-bond donors (Lipinski definition) is 1. The molecule has 0 amide bonds. The maximum atomic E-state index is 11.8. The number of carbonyl (C=O) groups excluding carboxylic acids is 1. The van der Waals surface area contributed by atoms with E-state index >= 15 is 0 Å². The van der Waals surface area contributed by atoms with Crippen molar-refractivity contribution in [3.05, 3.63) is 23.8 Å². The van der Waals surface area contributed by atoms with E-state index in [2.05, 4.69) is 31.8 Å².